The summed E-state index contributed by atoms with van der Waals surface area (Å²) >= 11 is 0. The summed E-state index contributed by atoms with van der Waals surface area (Å²) in [5, 5.41) is 0. The number of hydrogen-bond acceptors (Lipinski definition) is 3. The molecule has 0 aliphatic heterocycles. The number of hydrogen-bond donors (Lipinski definition) is 1. The monoisotopic (exact) mass is 235 g/mol. The lowest BCUT2D eigenvalue weighted by Gasteiger charge is -2.10. The number of ether oxygens (including phenoxy) is 2. The maximum atomic E-state index is 5.71. The van der Waals surface area contributed by atoms with Crippen LogP contribution >= 0.6 is 0 Å². The molecule has 94 valence electrons. The lowest BCUT2D eigenvalue weighted by molar-refractivity contribution is 0.211. The highest BCUT2D eigenvalue weighted by Crippen LogP contribution is 2.21. The minimum absolute atomic E-state index is 0.649. The predicted molar refractivity (Wildman–Crippen MR) is 71.1 cm³/mol. The SMILES string of the molecule is C=C(CCCOc1cc(N)ccc1C)OCC. The zero-order chi connectivity index (χ0) is 12.7. The minimum Gasteiger partial charge on any atom is -0.499 e. The van der Waals surface area contributed by atoms with Crippen molar-refractivity contribution in [1.29, 1.82) is 0 Å². The summed E-state index contributed by atoms with van der Waals surface area (Å²) in [6.45, 7) is 9.11. The minimum atomic E-state index is 0.649. The topological polar surface area (TPSA) is 44.5 Å². The Morgan fingerprint density at radius 1 is 1.41 bits per heavy atom. The van der Waals surface area contributed by atoms with Gasteiger partial charge in [-0.05, 0) is 31.9 Å². The van der Waals surface area contributed by atoms with Crippen molar-refractivity contribution in [3.63, 3.8) is 0 Å². The third-order valence-corrected chi connectivity index (χ3v) is 2.42. The van der Waals surface area contributed by atoms with E-state index in [2.05, 4.69) is 6.58 Å². The first-order valence-electron chi connectivity index (χ1n) is 5.93. The van der Waals surface area contributed by atoms with Gasteiger partial charge in [0.1, 0.15) is 5.75 Å². The Bertz CT molecular complexity index is 374. The van der Waals surface area contributed by atoms with Crippen LogP contribution in [-0.4, -0.2) is 13.2 Å². The van der Waals surface area contributed by atoms with Crippen LogP contribution in [0.3, 0.4) is 0 Å². The van der Waals surface area contributed by atoms with E-state index >= 15 is 0 Å². The second kappa shape index (κ2) is 6.84. The number of rotatable bonds is 7. The maximum Gasteiger partial charge on any atom is 0.124 e. The molecule has 0 unspecified atom stereocenters. The molecule has 0 saturated heterocycles. The third kappa shape index (κ3) is 4.81. The van der Waals surface area contributed by atoms with Crippen molar-refractivity contribution in [2.24, 2.45) is 0 Å². The van der Waals surface area contributed by atoms with Crippen LogP contribution in [0.4, 0.5) is 5.69 Å². The highest BCUT2D eigenvalue weighted by molar-refractivity contribution is 5.47. The smallest absolute Gasteiger partial charge is 0.124 e. The lowest BCUT2D eigenvalue weighted by Crippen LogP contribution is -2.01. The van der Waals surface area contributed by atoms with Gasteiger partial charge in [-0.2, -0.15) is 0 Å². The van der Waals surface area contributed by atoms with Gasteiger partial charge in [-0.15, -0.1) is 0 Å². The Balaban J connectivity index is 2.31. The largest absolute Gasteiger partial charge is 0.499 e. The average Bonchev–Trinajstić information content (AvgIpc) is 2.29. The van der Waals surface area contributed by atoms with E-state index in [-0.39, 0.29) is 0 Å². The fourth-order valence-electron chi connectivity index (χ4n) is 1.50. The molecule has 3 heteroatoms. The van der Waals surface area contributed by atoms with E-state index in [0.717, 1.165) is 35.6 Å². The first-order chi connectivity index (χ1) is 8.13. The Hall–Kier alpha value is -1.64. The molecule has 0 aliphatic carbocycles. The van der Waals surface area contributed by atoms with E-state index in [4.69, 9.17) is 15.2 Å². The van der Waals surface area contributed by atoms with E-state index < -0.39 is 0 Å². The lowest BCUT2D eigenvalue weighted by atomic mass is 10.2. The first kappa shape index (κ1) is 13.4. The van der Waals surface area contributed by atoms with Gasteiger partial charge < -0.3 is 15.2 Å². The number of anilines is 1. The summed E-state index contributed by atoms with van der Waals surface area (Å²) in [4.78, 5) is 0. The fraction of sp³-hybridized carbons (Fsp3) is 0.429. The molecule has 0 spiro atoms. The number of nitrogens with two attached hydrogens (primary N) is 1. The van der Waals surface area contributed by atoms with Crippen molar-refractivity contribution in [2.45, 2.75) is 26.7 Å². The quantitative estimate of drug-likeness (QED) is 0.448. The van der Waals surface area contributed by atoms with Gasteiger partial charge in [0.2, 0.25) is 0 Å². The van der Waals surface area contributed by atoms with Crippen LogP contribution in [0.1, 0.15) is 25.3 Å². The van der Waals surface area contributed by atoms with Crippen LogP contribution in [-0.2, 0) is 4.74 Å². The Morgan fingerprint density at radius 3 is 2.88 bits per heavy atom. The van der Waals surface area contributed by atoms with Gasteiger partial charge in [0.15, 0.2) is 0 Å². The molecule has 0 aliphatic rings. The fourth-order valence-corrected chi connectivity index (χ4v) is 1.50. The van der Waals surface area contributed by atoms with Crippen LogP contribution in [0.15, 0.2) is 30.5 Å². The van der Waals surface area contributed by atoms with Crippen molar-refractivity contribution >= 4 is 5.69 Å². The molecular weight excluding hydrogens is 214 g/mol. The zero-order valence-corrected chi connectivity index (χ0v) is 10.7. The summed E-state index contributed by atoms with van der Waals surface area (Å²) in [6, 6.07) is 5.69. The normalized spacial score (nSPS) is 10.0. The molecule has 2 N–H and O–H groups in total. The third-order valence-electron chi connectivity index (χ3n) is 2.42. The van der Waals surface area contributed by atoms with Crippen LogP contribution in [0.25, 0.3) is 0 Å². The van der Waals surface area contributed by atoms with E-state index in [9.17, 15) is 0 Å². The van der Waals surface area contributed by atoms with Crippen molar-refractivity contribution in [1.82, 2.24) is 0 Å². The van der Waals surface area contributed by atoms with Gasteiger partial charge in [-0.1, -0.05) is 12.6 Å². The standard InChI is InChI=1S/C14H21NO2/c1-4-16-12(3)6-5-9-17-14-10-13(15)8-7-11(14)2/h7-8,10H,3-6,9,15H2,1-2H3. The molecule has 0 atom stereocenters. The average molecular weight is 235 g/mol. The van der Waals surface area contributed by atoms with E-state index in [0.29, 0.717) is 13.2 Å². The molecule has 0 saturated carbocycles. The first-order valence-corrected chi connectivity index (χ1v) is 5.93. The molecule has 17 heavy (non-hydrogen) atoms. The zero-order valence-electron chi connectivity index (χ0n) is 10.7. The molecule has 0 aromatic heterocycles. The van der Waals surface area contributed by atoms with Gasteiger partial charge >= 0.3 is 0 Å². The highest BCUT2D eigenvalue weighted by Gasteiger charge is 2.00. The summed E-state index contributed by atoms with van der Waals surface area (Å²) in [5.74, 6) is 1.67. The van der Waals surface area contributed by atoms with Crippen LogP contribution in [0.5, 0.6) is 5.75 Å². The maximum absolute atomic E-state index is 5.71. The Morgan fingerprint density at radius 2 is 2.18 bits per heavy atom. The molecule has 3 nitrogen and oxygen atoms in total. The Kier molecular flexibility index (Phi) is 5.40. The molecule has 0 bridgehead atoms. The number of aryl methyl sites for hydroxylation is 1. The summed E-state index contributed by atoms with van der Waals surface area (Å²) < 4.78 is 10.9. The second-order valence-corrected chi connectivity index (χ2v) is 3.95. The summed E-state index contributed by atoms with van der Waals surface area (Å²) in [6.07, 6.45) is 1.72. The van der Waals surface area contributed by atoms with Crippen molar-refractivity contribution in [3.8, 4) is 5.75 Å². The van der Waals surface area contributed by atoms with Gasteiger partial charge in [0, 0.05) is 18.2 Å². The molecule has 0 heterocycles. The molecule has 0 amide bonds. The van der Waals surface area contributed by atoms with E-state index in [1.165, 1.54) is 0 Å². The van der Waals surface area contributed by atoms with Gasteiger partial charge in [0.25, 0.3) is 0 Å². The van der Waals surface area contributed by atoms with E-state index in [1.54, 1.807) is 0 Å². The van der Waals surface area contributed by atoms with Crippen LogP contribution < -0.4 is 10.5 Å². The van der Waals surface area contributed by atoms with Gasteiger partial charge in [-0.3, -0.25) is 0 Å². The number of allylic oxidation sites excluding steroid dienone is 1. The predicted octanol–water partition coefficient (Wildman–Crippen LogP) is 3.29. The molecule has 0 radical (unpaired) electrons. The summed E-state index contributed by atoms with van der Waals surface area (Å²) in [5.41, 5.74) is 7.53. The molecule has 0 fully saturated rings. The molecule has 1 rings (SSSR count). The number of benzene rings is 1. The van der Waals surface area contributed by atoms with Crippen LogP contribution in [0, 0.1) is 6.92 Å². The molecule has 1 aromatic carbocycles. The van der Waals surface area contributed by atoms with Crippen molar-refractivity contribution < 1.29 is 9.47 Å². The number of nitrogen functional groups attached to an aromatic ring is 1. The van der Waals surface area contributed by atoms with E-state index in [1.807, 2.05) is 32.0 Å². The van der Waals surface area contributed by atoms with Crippen molar-refractivity contribution in [2.75, 3.05) is 18.9 Å². The molecular formula is C14H21NO2. The highest BCUT2D eigenvalue weighted by atomic mass is 16.5. The van der Waals surface area contributed by atoms with Gasteiger partial charge in [0.05, 0.1) is 19.0 Å². The summed E-state index contributed by atoms with van der Waals surface area (Å²) in [7, 11) is 0. The van der Waals surface area contributed by atoms with Gasteiger partial charge in [-0.25, -0.2) is 0 Å². The van der Waals surface area contributed by atoms with Crippen LogP contribution in [0.2, 0.25) is 0 Å². The van der Waals surface area contributed by atoms with Crippen molar-refractivity contribution in [3.05, 3.63) is 36.1 Å². The molecule has 1 aromatic rings. The Labute approximate surface area is 103 Å². The second-order valence-electron chi connectivity index (χ2n) is 3.95.